The number of fused-ring (bicyclic) bond motifs is 1. The van der Waals surface area contributed by atoms with Crippen LogP contribution in [0.4, 0.5) is 0 Å². The number of hydrogen-bond acceptors (Lipinski definition) is 3. The number of hydrogen-bond donors (Lipinski definition) is 1. The number of amides is 1. The third-order valence-electron chi connectivity index (χ3n) is 3.19. The Kier molecular flexibility index (Phi) is 3.16. The van der Waals surface area contributed by atoms with Gasteiger partial charge in [0.25, 0.3) is 5.91 Å². The third kappa shape index (κ3) is 2.25. The van der Waals surface area contributed by atoms with Crippen LogP contribution in [0, 0.1) is 0 Å². The molecule has 1 N–H and O–H groups in total. The minimum Gasteiger partial charge on any atom is -0.345 e. The molecular formula is C15H14N4O. The van der Waals surface area contributed by atoms with Gasteiger partial charge in [0.05, 0.1) is 11.0 Å². The van der Waals surface area contributed by atoms with Crippen molar-refractivity contribution in [1.29, 1.82) is 0 Å². The van der Waals surface area contributed by atoms with Crippen molar-refractivity contribution in [3.8, 4) is 0 Å². The number of nitrogens with one attached hydrogen (secondary N) is 1. The smallest absolute Gasteiger partial charge is 0.287 e. The number of nitrogens with zero attached hydrogens (tertiary/aromatic N) is 3. The molecule has 1 amide bonds. The predicted molar refractivity (Wildman–Crippen MR) is 76.1 cm³/mol. The van der Waals surface area contributed by atoms with Crippen LogP contribution in [0.3, 0.4) is 0 Å². The summed E-state index contributed by atoms with van der Waals surface area (Å²) in [6.07, 6.45) is 3.41. The van der Waals surface area contributed by atoms with Gasteiger partial charge in [-0.2, -0.15) is 0 Å². The zero-order valence-electron chi connectivity index (χ0n) is 11.1. The summed E-state index contributed by atoms with van der Waals surface area (Å²) >= 11 is 0. The fourth-order valence-corrected chi connectivity index (χ4v) is 2.11. The van der Waals surface area contributed by atoms with Gasteiger partial charge in [-0.3, -0.25) is 9.78 Å². The van der Waals surface area contributed by atoms with Crippen molar-refractivity contribution in [1.82, 2.24) is 19.9 Å². The number of rotatable bonds is 3. The van der Waals surface area contributed by atoms with Crippen molar-refractivity contribution in [3.63, 3.8) is 0 Å². The number of pyridine rings is 1. The zero-order chi connectivity index (χ0) is 13.9. The molecule has 0 aliphatic heterocycles. The summed E-state index contributed by atoms with van der Waals surface area (Å²) in [5.74, 6) is 0.237. The Morgan fingerprint density at radius 3 is 2.70 bits per heavy atom. The van der Waals surface area contributed by atoms with E-state index in [1.165, 1.54) is 0 Å². The number of aryl methyl sites for hydroxylation is 1. The molecule has 1 aromatic carbocycles. The highest BCUT2D eigenvalue weighted by molar-refractivity contribution is 5.94. The average molecular weight is 266 g/mol. The highest BCUT2D eigenvalue weighted by Gasteiger charge is 2.14. The maximum absolute atomic E-state index is 12.2. The molecule has 0 spiro atoms. The summed E-state index contributed by atoms with van der Waals surface area (Å²) in [5.41, 5.74) is 2.78. The quantitative estimate of drug-likeness (QED) is 0.787. The topological polar surface area (TPSA) is 59.8 Å². The minimum atomic E-state index is -0.180. The normalized spacial score (nSPS) is 10.7. The Bertz CT molecular complexity index is 749. The van der Waals surface area contributed by atoms with Gasteiger partial charge < -0.3 is 9.88 Å². The first kappa shape index (κ1) is 12.3. The fraction of sp³-hybridized carbons (Fsp3) is 0.133. The van der Waals surface area contributed by atoms with Crippen LogP contribution in [0.15, 0.2) is 48.8 Å². The van der Waals surface area contributed by atoms with E-state index in [1.54, 1.807) is 17.0 Å². The lowest BCUT2D eigenvalue weighted by molar-refractivity contribution is 0.0938. The largest absolute Gasteiger partial charge is 0.345 e. The SMILES string of the molecule is Cn1c(C(=O)NCc2ccncc2)nc2ccccc21. The van der Waals surface area contributed by atoms with Crippen molar-refractivity contribution in [2.75, 3.05) is 0 Å². The second-order valence-corrected chi connectivity index (χ2v) is 4.52. The summed E-state index contributed by atoms with van der Waals surface area (Å²) in [6.45, 7) is 0.463. The van der Waals surface area contributed by atoms with Gasteiger partial charge in [-0.15, -0.1) is 0 Å². The first-order valence-corrected chi connectivity index (χ1v) is 6.34. The van der Waals surface area contributed by atoms with E-state index in [4.69, 9.17) is 0 Å². The van der Waals surface area contributed by atoms with Crippen LogP contribution in [-0.2, 0) is 13.6 Å². The molecule has 0 fully saturated rings. The van der Waals surface area contributed by atoms with E-state index < -0.39 is 0 Å². The zero-order valence-corrected chi connectivity index (χ0v) is 11.1. The lowest BCUT2D eigenvalue weighted by atomic mass is 10.3. The molecule has 5 heteroatoms. The van der Waals surface area contributed by atoms with Crippen LogP contribution in [0.25, 0.3) is 11.0 Å². The van der Waals surface area contributed by atoms with Crippen LogP contribution in [0.1, 0.15) is 16.2 Å². The predicted octanol–water partition coefficient (Wildman–Crippen LogP) is 1.90. The Labute approximate surface area is 116 Å². The third-order valence-corrected chi connectivity index (χ3v) is 3.19. The molecular weight excluding hydrogens is 252 g/mol. The van der Waals surface area contributed by atoms with Gasteiger partial charge in [0.15, 0.2) is 5.82 Å². The van der Waals surface area contributed by atoms with Crippen molar-refractivity contribution in [3.05, 3.63) is 60.2 Å². The molecule has 0 aliphatic rings. The van der Waals surface area contributed by atoms with E-state index in [0.717, 1.165) is 16.6 Å². The lowest BCUT2D eigenvalue weighted by Crippen LogP contribution is -2.25. The summed E-state index contributed by atoms with van der Waals surface area (Å²) in [7, 11) is 1.84. The molecule has 0 saturated heterocycles. The van der Waals surface area contributed by atoms with E-state index in [-0.39, 0.29) is 5.91 Å². The van der Waals surface area contributed by atoms with Crippen LogP contribution in [-0.4, -0.2) is 20.4 Å². The molecule has 0 unspecified atom stereocenters. The summed E-state index contributed by atoms with van der Waals surface area (Å²) < 4.78 is 1.80. The fourth-order valence-electron chi connectivity index (χ4n) is 2.11. The summed E-state index contributed by atoms with van der Waals surface area (Å²) in [6, 6.07) is 11.4. The Hall–Kier alpha value is -2.69. The van der Waals surface area contributed by atoms with Gasteiger partial charge in [0.1, 0.15) is 0 Å². The van der Waals surface area contributed by atoms with E-state index in [0.29, 0.717) is 12.4 Å². The maximum atomic E-state index is 12.2. The van der Waals surface area contributed by atoms with Crippen molar-refractivity contribution < 1.29 is 4.79 Å². The minimum absolute atomic E-state index is 0.180. The van der Waals surface area contributed by atoms with Gasteiger partial charge in [0.2, 0.25) is 0 Å². The lowest BCUT2D eigenvalue weighted by Gasteiger charge is -2.05. The number of para-hydroxylation sites is 2. The second-order valence-electron chi connectivity index (χ2n) is 4.52. The van der Waals surface area contributed by atoms with E-state index in [1.807, 2.05) is 43.4 Å². The van der Waals surface area contributed by atoms with Crippen molar-refractivity contribution in [2.24, 2.45) is 7.05 Å². The molecule has 0 bridgehead atoms. The van der Waals surface area contributed by atoms with E-state index in [9.17, 15) is 4.79 Å². The molecule has 5 nitrogen and oxygen atoms in total. The maximum Gasteiger partial charge on any atom is 0.287 e. The van der Waals surface area contributed by atoms with Crippen LogP contribution in [0.5, 0.6) is 0 Å². The molecule has 0 atom stereocenters. The van der Waals surface area contributed by atoms with Gasteiger partial charge in [-0.25, -0.2) is 4.98 Å². The van der Waals surface area contributed by atoms with Crippen molar-refractivity contribution >= 4 is 16.9 Å². The van der Waals surface area contributed by atoms with Crippen LogP contribution < -0.4 is 5.32 Å². The highest BCUT2D eigenvalue weighted by Crippen LogP contribution is 2.14. The van der Waals surface area contributed by atoms with Gasteiger partial charge in [0, 0.05) is 26.0 Å². The van der Waals surface area contributed by atoms with Gasteiger partial charge in [-0.1, -0.05) is 12.1 Å². The van der Waals surface area contributed by atoms with E-state index in [2.05, 4.69) is 15.3 Å². The molecule has 2 aromatic heterocycles. The first-order chi connectivity index (χ1) is 9.75. The number of benzene rings is 1. The second kappa shape index (κ2) is 5.13. The van der Waals surface area contributed by atoms with Crippen LogP contribution >= 0.6 is 0 Å². The molecule has 2 heterocycles. The highest BCUT2D eigenvalue weighted by atomic mass is 16.2. The Morgan fingerprint density at radius 1 is 1.20 bits per heavy atom. The number of carbonyl (C=O) groups is 1. The number of aromatic nitrogens is 3. The Balaban J connectivity index is 1.81. The Morgan fingerprint density at radius 2 is 1.95 bits per heavy atom. The number of carbonyl (C=O) groups excluding carboxylic acids is 1. The summed E-state index contributed by atoms with van der Waals surface area (Å²) in [5, 5.41) is 2.87. The van der Waals surface area contributed by atoms with E-state index >= 15 is 0 Å². The molecule has 100 valence electrons. The molecule has 3 aromatic rings. The monoisotopic (exact) mass is 266 g/mol. The molecule has 3 rings (SSSR count). The summed E-state index contributed by atoms with van der Waals surface area (Å²) in [4.78, 5) is 20.5. The van der Waals surface area contributed by atoms with Crippen LogP contribution in [0.2, 0.25) is 0 Å². The standard InChI is InChI=1S/C15H14N4O/c1-19-13-5-3-2-4-12(13)18-14(19)15(20)17-10-11-6-8-16-9-7-11/h2-9H,10H2,1H3,(H,17,20). The molecule has 0 aliphatic carbocycles. The molecule has 0 radical (unpaired) electrons. The first-order valence-electron chi connectivity index (χ1n) is 6.34. The average Bonchev–Trinajstić information content (AvgIpc) is 2.84. The van der Waals surface area contributed by atoms with Gasteiger partial charge in [-0.05, 0) is 29.8 Å². The molecule has 0 saturated carbocycles. The molecule has 20 heavy (non-hydrogen) atoms. The van der Waals surface area contributed by atoms with Crippen molar-refractivity contribution in [2.45, 2.75) is 6.54 Å². The number of imidazole rings is 1. The van der Waals surface area contributed by atoms with Gasteiger partial charge >= 0.3 is 0 Å².